The first-order valence-corrected chi connectivity index (χ1v) is 8.24. The number of imidazole rings is 1. The van der Waals surface area contributed by atoms with Crippen molar-refractivity contribution in [2.24, 2.45) is 0 Å². The minimum atomic E-state index is -3.59. The summed E-state index contributed by atoms with van der Waals surface area (Å²) in [6, 6.07) is 5.41. The predicted molar refractivity (Wildman–Crippen MR) is 76.0 cm³/mol. The number of nitrogens with one attached hydrogen (secondary N) is 2. The van der Waals surface area contributed by atoms with Gasteiger partial charge in [0.15, 0.2) is 5.03 Å². The molecule has 0 spiro atoms. The highest BCUT2D eigenvalue weighted by atomic mass is 79.9. The molecule has 106 valence electrons. The number of nitrogens with zero attached hydrogens (tertiary/aromatic N) is 1. The van der Waals surface area contributed by atoms with E-state index in [1.165, 1.54) is 12.5 Å². The van der Waals surface area contributed by atoms with Crippen molar-refractivity contribution in [1.82, 2.24) is 14.7 Å². The molecule has 3 rings (SSSR count). The number of aromatic nitrogens is 2. The summed E-state index contributed by atoms with van der Waals surface area (Å²) < 4.78 is 33.3. The molecule has 0 saturated carbocycles. The van der Waals surface area contributed by atoms with E-state index in [2.05, 4.69) is 30.6 Å². The van der Waals surface area contributed by atoms with E-state index in [9.17, 15) is 8.42 Å². The van der Waals surface area contributed by atoms with Crippen molar-refractivity contribution in [2.75, 3.05) is 6.61 Å². The Morgan fingerprint density at radius 3 is 3.05 bits per heavy atom. The highest BCUT2D eigenvalue weighted by Gasteiger charge is 2.26. The van der Waals surface area contributed by atoms with E-state index in [4.69, 9.17) is 4.74 Å². The van der Waals surface area contributed by atoms with Crippen LogP contribution in [-0.4, -0.2) is 31.0 Å². The van der Waals surface area contributed by atoms with Crippen molar-refractivity contribution in [1.29, 1.82) is 0 Å². The SMILES string of the molecule is O=S(=O)(NC1COc2ccc(Br)cc2C1)c1cnc[nH]1. The van der Waals surface area contributed by atoms with Gasteiger partial charge in [-0.2, -0.15) is 0 Å². The average Bonchev–Trinajstić information content (AvgIpc) is 2.92. The first kappa shape index (κ1) is 13.6. The lowest BCUT2D eigenvalue weighted by Gasteiger charge is -2.25. The van der Waals surface area contributed by atoms with Gasteiger partial charge in [0.05, 0.1) is 18.6 Å². The minimum Gasteiger partial charge on any atom is -0.492 e. The monoisotopic (exact) mass is 357 g/mol. The minimum absolute atomic E-state index is 0.0533. The molecule has 1 aromatic heterocycles. The fourth-order valence-corrected chi connectivity index (χ4v) is 3.64. The topological polar surface area (TPSA) is 84.1 Å². The van der Waals surface area contributed by atoms with Gasteiger partial charge in [-0.1, -0.05) is 15.9 Å². The van der Waals surface area contributed by atoms with E-state index >= 15 is 0 Å². The van der Waals surface area contributed by atoms with E-state index in [1.54, 1.807) is 0 Å². The van der Waals surface area contributed by atoms with E-state index < -0.39 is 10.0 Å². The summed E-state index contributed by atoms with van der Waals surface area (Å²) in [6.45, 7) is 0.308. The number of aromatic amines is 1. The third-order valence-electron chi connectivity index (χ3n) is 3.01. The summed E-state index contributed by atoms with van der Waals surface area (Å²) >= 11 is 3.40. The maximum atomic E-state index is 12.1. The van der Waals surface area contributed by atoms with Gasteiger partial charge < -0.3 is 9.72 Å². The fourth-order valence-electron chi connectivity index (χ4n) is 2.11. The van der Waals surface area contributed by atoms with Crippen molar-refractivity contribution in [3.05, 3.63) is 40.8 Å². The van der Waals surface area contributed by atoms with Crippen LogP contribution in [0.1, 0.15) is 5.56 Å². The second-order valence-corrected chi connectivity index (χ2v) is 7.10. The molecular formula is C12H12BrN3O3S. The fraction of sp³-hybridized carbons (Fsp3) is 0.250. The van der Waals surface area contributed by atoms with Gasteiger partial charge in [-0.15, -0.1) is 0 Å². The lowest BCUT2D eigenvalue weighted by atomic mass is 10.0. The van der Waals surface area contributed by atoms with Gasteiger partial charge in [0.2, 0.25) is 0 Å². The maximum absolute atomic E-state index is 12.1. The van der Waals surface area contributed by atoms with Crippen LogP contribution in [0.3, 0.4) is 0 Å². The quantitative estimate of drug-likeness (QED) is 0.870. The lowest BCUT2D eigenvalue weighted by Crippen LogP contribution is -2.42. The van der Waals surface area contributed by atoms with Crippen molar-refractivity contribution in [3.63, 3.8) is 0 Å². The number of rotatable bonds is 3. The molecule has 20 heavy (non-hydrogen) atoms. The molecule has 0 saturated heterocycles. The molecule has 0 bridgehead atoms. The number of sulfonamides is 1. The molecule has 1 atom stereocenters. The highest BCUT2D eigenvalue weighted by molar-refractivity contribution is 9.10. The zero-order valence-electron chi connectivity index (χ0n) is 10.3. The Balaban J connectivity index is 1.78. The zero-order chi connectivity index (χ0) is 14.2. The van der Waals surface area contributed by atoms with Crippen molar-refractivity contribution in [3.8, 4) is 5.75 Å². The third-order valence-corrected chi connectivity index (χ3v) is 4.95. The third kappa shape index (κ3) is 2.72. The van der Waals surface area contributed by atoms with Crippen LogP contribution < -0.4 is 9.46 Å². The van der Waals surface area contributed by atoms with Gasteiger partial charge in [-0.3, -0.25) is 0 Å². The summed E-state index contributed by atoms with van der Waals surface area (Å²) in [6.07, 6.45) is 3.19. The van der Waals surface area contributed by atoms with Crippen LogP contribution in [0.4, 0.5) is 0 Å². The van der Waals surface area contributed by atoms with Gasteiger partial charge in [0, 0.05) is 4.47 Å². The van der Waals surface area contributed by atoms with Gasteiger partial charge in [0.1, 0.15) is 12.4 Å². The van der Waals surface area contributed by atoms with Crippen LogP contribution in [0, 0.1) is 0 Å². The Labute approximate surface area is 124 Å². The number of fused-ring (bicyclic) bond motifs is 1. The number of benzene rings is 1. The molecule has 6 nitrogen and oxygen atoms in total. The standard InChI is InChI=1S/C12H12BrN3O3S/c13-9-1-2-11-8(3-9)4-10(6-19-11)16-20(17,18)12-5-14-7-15-12/h1-3,5,7,10,16H,4,6H2,(H,14,15). The van der Waals surface area contributed by atoms with E-state index in [-0.39, 0.29) is 11.1 Å². The summed E-state index contributed by atoms with van der Waals surface area (Å²) in [5, 5.41) is 0.0533. The lowest BCUT2D eigenvalue weighted by molar-refractivity contribution is 0.254. The van der Waals surface area contributed by atoms with E-state index in [0.29, 0.717) is 13.0 Å². The summed E-state index contributed by atoms with van der Waals surface area (Å²) in [5.41, 5.74) is 0.975. The molecule has 1 aliphatic heterocycles. The molecule has 2 N–H and O–H groups in total. The van der Waals surface area contributed by atoms with Crippen LogP contribution >= 0.6 is 15.9 Å². The smallest absolute Gasteiger partial charge is 0.257 e. The second-order valence-electron chi connectivity index (χ2n) is 4.50. The molecule has 8 heteroatoms. The Kier molecular flexibility index (Phi) is 3.53. The number of halogens is 1. The second kappa shape index (κ2) is 5.19. The number of hydrogen-bond acceptors (Lipinski definition) is 4. The Bertz CT molecular complexity index is 716. The summed E-state index contributed by atoms with van der Waals surface area (Å²) in [5.74, 6) is 0.796. The normalized spacial score (nSPS) is 18.4. The predicted octanol–water partition coefficient (Wildman–Crippen LogP) is 1.45. The van der Waals surface area contributed by atoms with Crippen LogP contribution in [0.25, 0.3) is 0 Å². The van der Waals surface area contributed by atoms with Gasteiger partial charge in [-0.05, 0) is 30.2 Å². The van der Waals surface area contributed by atoms with Gasteiger partial charge in [-0.25, -0.2) is 18.1 Å². The van der Waals surface area contributed by atoms with Crippen molar-refractivity contribution < 1.29 is 13.2 Å². The molecule has 1 aromatic carbocycles. The van der Waals surface area contributed by atoms with Crippen molar-refractivity contribution >= 4 is 26.0 Å². The number of ether oxygens (including phenoxy) is 1. The molecule has 0 radical (unpaired) electrons. The molecule has 1 unspecified atom stereocenters. The molecule has 2 heterocycles. The van der Waals surface area contributed by atoms with E-state index in [1.807, 2.05) is 18.2 Å². The molecule has 0 aliphatic carbocycles. The Morgan fingerprint density at radius 2 is 2.30 bits per heavy atom. The molecule has 2 aromatic rings. The van der Waals surface area contributed by atoms with Crippen LogP contribution in [0.15, 0.2) is 40.2 Å². The highest BCUT2D eigenvalue weighted by Crippen LogP contribution is 2.28. The van der Waals surface area contributed by atoms with Crippen LogP contribution in [0.2, 0.25) is 0 Å². The van der Waals surface area contributed by atoms with Gasteiger partial charge in [0.25, 0.3) is 10.0 Å². The van der Waals surface area contributed by atoms with Gasteiger partial charge >= 0.3 is 0 Å². The average molecular weight is 358 g/mol. The summed E-state index contributed by atoms with van der Waals surface area (Å²) in [7, 11) is -3.59. The molecule has 0 fully saturated rings. The van der Waals surface area contributed by atoms with Crippen molar-refractivity contribution in [2.45, 2.75) is 17.5 Å². The molecule has 1 aliphatic rings. The van der Waals surface area contributed by atoms with Crippen LogP contribution in [0.5, 0.6) is 5.75 Å². The molecule has 0 amide bonds. The number of H-pyrrole nitrogens is 1. The first-order chi connectivity index (χ1) is 9.54. The zero-order valence-corrected chi connectivity index (χ0v) is 12.7. The summed E-state index contributed by atoms with van der Waals surface area (Å²) in [4.78, 5) is 6.30. The Hall–Kier alpha value is -1.38. The number of hydrogen-bond donors (Lipinski definition) is 2. The van der Waals surface area contributed by atoms with E-state index in [0.717, 1.165) is 15.8 Å². The maximum Gasteiger partial charge on any atom is 0.257 e. The Morgan fingerprint density at radius 1 is 1.45 bits per heavy atom. The first-order valence-electron chi connectivity index (χ1n) is 5.96. The largest absolute Gasteiger partial charge is 0.492 e. The van der Waals surface area contributed by atoms with Crippen LogP contribution in [-0.2, 0) is 16.4 Å². The molecular weight excluding hydrogens is 346 g/mol.